The Labute approximate surface area is 152 Å². The van der Waals surface area contributed by atoms with Crippen LogP contribution in [-0.2, 0) is 0 Å². The number of rotatable bonds is 2. The molecule has 0 saturated carbocycles. The van der Waals surface area contributed by atoms with Gasteiger partial charge in [-0.15, -0.1) is 0 Å². The standard InChI is InChI=1S/C21H23N4O/c1-23(2)21(24(3)4)26-25-19-12-8-6-10-16(19)14-20(25)18-13-15-9-5-7-11-17(15)22-18/h5-14,22H,1-4H3/q+1. The number of fused-ring (bicyclic) bond motifs is 2. The zero-order valence-corrected chi connectivity index (χ0v) is 15.5. The Morgan fingerprint density at radius 1 is 0.962 bits per heavy atom. The minimum absolute atomic E-state index is 0.753. The summed E-state index contributed by atoms with van der Waals surface area (Å²) in [7, 11) is 7.90. The fourth-order valence-electron chi connectivity index (χ4n) is 3.27. The van der Waals surface area contributed by atoms with Gasteiger partial charge in [0.15, 0.2) is 0 Å². The van der Waals surface area contributed by atoms with Crippen LogP contribution in [0.25, 0.3) is 33.2 Å². The molecule has 5 heteroatoms. The summed E-state index contributed by atoms with van der Waals surface area (Å²) in [5.74, 6) is 0. The fourth-order valence-corrected chi connectivity index (χ4v) is 3.27. The lowest BCUT2D eigenvalue weighted by atomic mass is 10.2. The van der Waals surface area contributed by atoms with Crippen LogP contribution in [0.5, 0.6) is 0 Å². The van der Waals surface area contributed by atoms with Crippen molar-refractivity contribution in [3.8, 4) is 11.4 Å². The number of hydrogen-bond donors (Lipinski definition) is 1. The van der Waals surface area contributed by atoms with Crippen LogP contribution in [0.4, 0.5) is 0 Å². The van der Waals surface area contributed by atoms with Crippen molar-refractivity contribution < 1.29 is 9.41 Å². The number of nitrogens with one attached hydrogen (secondary N) is 1. The first-order chi connectivity index (χ1) is 12.5. The van der Waals surface area contributed by atoms with Crippen molar-refractivity contribution in [1.82, 2.24) is 14.6 Å². The number of nitrogens with zero attached hydrogens (tertiary/aromatic N) is 3. The third-order valence-corrected chi connectivity index (χ3v) is 4.41. The highest BCUT2D eigenvalue weighted by atomic mass is 16.7. The molecule has 0 atom stereocenters. The molecule has 1 N–H and O–H groups in total. The van der Waals surface area contributed by atoms with Gasteiger partial charge in [0, 0.05) is 16.3 Å². The first-order valence-corrected chi connectivity index (χ1v) is 8.63. The predicted molar refractivity (Wildman–Crippen MR) is 107 cm³/mol. The zero-order valence-electron chi connectivity index (χ0n) is 15.5. The van der Waals surface area contributed by atoms with Crippen LogP contribution in [0, 0.1) is 0 Å². The number of aromatic nitrogens is 2. The summed E-state index contributed by atoms with van der Waals surface area (Å²) in [5.41, 5.74) is 4.16. The van der Waals surface area contributed by atoms with Crippen LogP contribution in [0.2, 0.25) is 0 Å². The highest BCUT2D eigenvalue weighted by molar-refractivity contribution is 5.91. The Bertz CT molecular complexity index is 1080. The zero-order chi connectivity index (χ0) is 18.3. The lowest BCUT2D eigenvalue weighted by Gasteiger charge is -2.14. The summed E-state index contributed by atoms with van der Waals surface area (Å²) < 4.78 is 3.86. The van der Waals surface area contributed by atoms with E-state index in [2.05, 4.69) is 47.4 Å². The van der Waals surface area contributed by atoms with E-state index in [1.165, 1.54) is 5.39 Å². The predicted octanol–water partition coefficient (Wildman–Crippen LogP) is 3.41. The average molecular weight is 347 g/mol. The van der Waals surface area contributed by atoms with E-state index in [-0.39, 0.29) is 0 Å². The van der Waals surface area contributed by atoms with Gasteiger partial charge in [-0.25, -0.2) is 9.48 Å². The molecule has 5 nitrogen and oxygen atoms in total. The van der Waals surface area contributed by atoms with Crippen molar-refractivity contribution >= 4 is 27.8 Å². The maximum Gasteiger partial charge on any atom is 0.470 e. The molecule has 0 bridgehead atoms. The molecule has 0 aliphatic rings. The van der Waals surface area contributed by atoms with Gasteiger partial charge in [0.05, 0.1) is 39.4 Å². The second-order valence-electron chi connectivity index (χ2n) is 6.82. The summed E-state index contributed by atoms with van der Waals surface area (Å²) in [6, 6.07) is 21.6. The van der Waals surface area contributed by atoms with Crippen molar-refractivity contribution in [2.75, 3.05) is 28.2 Å². The van der Waals surface area contributed by atoms with Crippen molar-refractivity contribution in [2.45, 2.75) is 0 Å². The van der Waals surface area contributed by atoms with E-state index >= 15 is 0 Å². The fraction of sp³-hybridized carbons (Fsp3) is 0.190. The van der Waals surface area contributed by atoms with Crippen molar-refractivity contribution in [3.63, 3.8) is 0 Å². The van der Waals surface area contributed by atoms with Crippen LogP contribution < -0.4 is 4.84 Å². The SMILES string of the molecule is CN(C)C(On1c(-c2cc3ccccc3[nH]2)cc2ccccc21)=[N+](C)C. The average Bonchev–Trinajstić information content (AvgIpc) is 3.20. The molecule has 2 aromatic carbocycles. The number of para-hydroxylation sites is 2. The molecule has 0 amide bonds. The lowest BCUT2D eigenvalue weighted by molar-refractivity contribution is -0.480. The van der Waals surface area contributed by atoms with Gasteiger partial charge in [0.2, 0.25) is 0 Å². The van der Waals surface area contributed by atoms with Crippen molar-refractivity contribution in [1.29, 1.82) is 0 Å². The number of hydrogen-bond acceptors (Lipinski definition) is 1. The summed E-state index contributed by atoms with van der Waals surface area (Å²) in [6.07, 6.45) is 0. The molecule has 2 aromatic heterocycles. The van der Waals surface area contributed by atoms with Crippen LogP contribution in [-0.4, -0.2) is 53.4 Å². The lowest BCUT2D eigenvalue weighted by Crippen LogP contribution is -2.38. The van der Waals surface area contributed by atoms with Crippen LogP contribution in [0.1, 0.15) is 0 Å². The quantitative estimate of drug-likeness (QED) is 0.343. The number of benzene rings is 2. The molecule has 0 spiro atoms. The monoisotopic (exact) mass is 347 g/mol. The van der Waals surface area contributed by atoms with E-state index in [9.17, 15) is 0 Å². The molecule has 4 aromatic rings. The van der Waals surface area contributed by atoms with Gasteiger partial charge in [-0.05, 0) is 24.3 Å². The normalized spacial score (nSPS) is 11.1. The van der Waals surface area contributed by atoms with Crippen LogP contribution in [0.15, 0.2) is 60.7 Å². The first kappa shape index (κ1) is 16.3. The third kappa shape index (κ3) is 2.71. The number of amidine groups is 1. The highest BCUT2D eigenvalue weighted by Gasteiger charge is 2.20. The summed E-state index contributed by atoms with van der Waals surface area (Å²) in [5, 5.41) is 2.32. The second kappa shape index (κ2) is 6.26. The summed E-state index contributed by atoms with van der Waals surface area (Å²) >= 11 is 0. The molecule has 0 saturated heterocycles. The smallest absolute Gasteiger partial charge is 0.353 e. The molecule has 0 radical (unpaired) electrons. The van der Waals surface area contributed by atoms with Gasteiger partial charge >= 0.3 is 6.02 Å². The largest absolute Gasteiger partial charge is 0.470 e. The van der Waals surface area contributed by atoms with Gasteiger partial charge in [-0.2, -0.15) is 4.73 Å². The van der Waals surface area contributed by atoms with E-state index in [0.29, 0.717) is 0 Å². The second-order valence-corrected chi connectivity index (χ2v) is 6.82. The summed E-state index contributed by atoms with van der Waals surface area (Å²) in [6.45, 7) is 0. The van der Waals surface area contributed by atoms with Gasteiger partial charge < -0.3 is 4.98 Å². The van der Waals surface area contributed by atoms with Crippen molar-refractivity contribution in [2.24, 2.45) is 0 Å². The Hall–Kier alpha value is -3.21. The van der Waals surface area contributed by atoms with E-state index in [4.69, 9.17) is 4.84 Å². The van der Waals surface area contributed by atoms with E-state index in [0.717, 1.165) is 33.8 Å². The summed E-state index contributed by atoms with van der Waals surface area (Å²) in [4.78, 5) is 11.8. The molecule has 0 aliphatic heterocycles. The Kier molecular flexibility index (Phi) is 3.92. The Morgan fingerprint density at radius 2 is 1.65 bits per heavy atom. The molecule has 0 unspecified atom stereocenters. The van der Waals surface area contributed by atoms with Gasteiger partial charge in [0.25, 0.3) is 0 Å². The molecule has 0 fully saturated rings. The minimum atomic E-state index is 0.753. The Balaban J connectivity index is 1.93. The number of aromatic amines is 1. The minimum Gasteiger partial charge on any atom is -0.353 e. The van der Waals surface area contributed by atoms with Crippen molar-refractivity contribution in [3.05, 3.63) is 60.7 Å². The van der Waals surface area contributed by atoms with E-state index in [1.54, 1.807) is 0 Å². The molecular formula is C21H23N4O+. The molecule has 26 heavy (non-hydrogen) atoms. The van der Waals surface area contributed by atoms with Gasteiger partial charge in [0.1, 0.15) is 5.69 Å². The van der Waals surface area contributed by atoms with E-state index in [1.807, 2.05) is 60.6 Å². The van der Waals surface area contributed by atoms with Crippen LogP contribution in [0.3, 0.4) is 0 Å². The Morgan fingerprint density at radius 3 is 2.35 bits per heavy atom. The molecular weight excluding hydrogens is 324 g/mol. The van der Waals surface area contributed by atoms with E-state index < -0.39 is 0 Å². The van der Waals surface area contributed by atoms with Gasteiger partial charge in [-0.1, -0.05) is 36.4 Å². The third-order valence-electron chi connectivity index (χ3n) is 4.41. The molecule has 4 rings (SSSR count). The maximum atomic E-state index is 6.34. The maximum absolute atomic E-state index is 6.34. The molecule has 132 valence electrons. The number of H-pyrrole nitrogens is 1. The van der Waals surface area contributed by atoms with Gasteiger partial charge in [-0.3, -0.25) is 4.84 Å². The first-order valence-electron chi connectivity index (χ1n) is 8.63. The van der Waals surface area contributed by atoms with Crippen LogP contribution >= 0.6 is 0 Å². The molecule has 2 heterocycles. The molecule has 0 aliphatic carbocycles. The highest BCUT2D eigenvalue weighted by Crippen LogP contribution is 2.29. The topological polar surface area (TPSA) is 36.2 Å².